The van der Waals surface area contributed by atoms with Gasteiger partial charge in [0, 0.05) is 37.1 Å². The molecule has 0 spiro atoms. The summed E-state index contributed by atoms with van der Waals surface area (Å²) in [5.41, 5.74) is 0.747. The van der Waals surface area contributed by atoms with E-state index in [1.165, 1.54) is 6.07 Å². The van der Waals surface area contributed by atoms with Crippen LogP contribution in [0.25, 0.3) is 0 Å². The first kappa shape index (κ1) is 16.0. The number of nitrogens with one attached hydrogen (secondary N) is 2. The van der Waals surface area contributed by atoms with Crippen molar-refractivity contribution in [2.24, 2.45) is 0 Å². The van der Waals surface area contributed by atoms with E-state index in [4.69, 9.17) is 11.6 Å². The maximum Gasteiger partial charge on any atom is 0.240 e. The first-order valence-electron chi connectivity index (χ1n) is 6.41. The van der Waals surface area contributed by atoms with Gasteiger partial charge in [0.1, 0.15) is 0 Å². The van der Waals surface area contributed by atoms with E-state index < -0.39 is 10.0 Å². The molecule has 2 rings (SSSR count). The highest BCUT2D eigenvalue weighted by Crippen LogP contribution is 2.20. The number of hydrogen-bond donors (Lipinski definition) is 2. The molecule has 0 fully saturated rings. The standard InChI is InChI=1S/C13H17ClN4O2S/c1-15-9-11-8-12(2-3-13(11)14)21(19,20)17-5-7-18-6-4-16-10-18/h2-4,6,8,10,15,17H,5,7,9H2,1H3. The molecule has 0 saturated heterocycles. The maximum atomic E-state index is 12.2. The van der Waals surface area contributed by atoms with Crippen LogP contribution in [0, 0.1) is 0 Å². The molecule has 1 heterocycles. The normalized spacial score (nSPS) is 11.7. The van der Waals surface area contributed by atoms with Crippen molar-refractivity contribution in [3.8, 4) is 0 Å². The molecule has 0 atom stereocenters. The Bertz CT molecular complexity index is 686. The van der Waals surface area contributed by atoms with Crippen LogP contribution in [0.2, 0.25) is 5.02 Å². The topological polar surface area (TPSA) is 76.0 Å². The highest BCUT2D eigenvalue weighted by molar-refractivity contribution is 7.89. The third-order valence-electron chi connectivity index (χ3n) is 2.92. The van der Waals surface area contributed by atoms with Crippen molar-refractivity contribution in [2.75, 3.05) is 13.6 Å². The quantitative estimate of drug-likeness (QED) is 0.801. The predicted molar refractivity (Wildman–Crippen MR) is 81.6 cm³/mol. The van der Waals surface area contributed by atoms with Gasteiger partial charge in [-0.25, -0.2) is 18.1 Å². The van der Waals surface area contributed by atoms with Crippen molar-refractivity contribution < 1.29 is 8.42 Å². The lowest BCUT2D eigenvalue weighted by molar-refractivity contribution is 0.572. The molecule has 6 nitrogen and oxygen atoms in total. The van der Waals surface area contributed by atoms with Gasteiger partial charge in [0.05, 0.1) is 11.2 Å². The molecule has 0 amide bonds. The largest absolute Gasteiger partial charge is 0.336 e. The zero-order chi connectivity index (χ0) is 15.3. The van der Waals surface area contributed by atoms with Gasteiger partial charge in [-0.3, -0.25) is 0 Å². The highest BCUT2D eigenvalue weighted by Gasteiger charge is 2.15. The number of sulfonamides is 1. The molecule has 0 bridgehead atoms. The van der Waals surface area contributed by atoms with Gasteiger partial charge in [-0.2, -0.15) is 0 Å². The second-order valence-electron chi connectivity index (χ2n) is 4.48. The molecular formula is C13H17ClN4O2S. The van der Waals surface area contributed by atoms with Crippen LogP contribution in [0.15, 0.2) is 41.8 Å². The fourth-order valence-corrected chi connectivity index (χ4v) is 3.11. The average molecular weight is 329 g/mol. The fourth-order valence-electron chi connectivity index (χ4n) is 1.86. The second kappa shape index (κ2) is 7.04. The van der Waals surface area contributed by atoms with Crippen LogP contribution < -0.4 is 10.0 Å². The summed E-state index contributed by atoms with van der Waals surface area (Å²) in [5, 5.41) is 3.50. The summed E-state index contributed by atoms with van der Waals surface area (Å²) in [7, 11) is -1.76. The van der Waals surface area contributed by atoms with Gasteiger partial charge >= 0.3 is 0 Å². The zero-order valence-corrected chi connectivity index (χ0v) is 13.2. The van der Waals surface area contributed by atoms with Crippen molar-refractivity contribution in [3.05, 3.63) is 47.5 Å². The molecule has 21 heavy (non-hydrogen) atoms. The summed E-state index contributed by atoms with van der Waals surface area (Å²) in [5.74, 6) is 0. The zero-order valence-electron chi connectivity index (χ0n) is 11.6. The Balaban J connectivity index is 2.06. The van der Waals surface area contributed by atoms with Gasteiger partial charge < -0.3 is 9.88 Å². The molecular weight excluding hydrogens is 312 g/mol. The molecule has 2 aromatic rings. The summed E-state index contributed by atoms with van der Waals surface area (Å²) in [6.45, 7) is 1.33. The molecule has 0 saturated carbocycles. The van der Waals surface area contributed by atoms with Crippen LogP contribution in [-0.4, -0.2) is 31.6 Å². The third kappa shape index (κ3) is 4.28. The van der Waals surface area contributed by atoms with E-state index in [0.29, 0.717) is 24.7 Å². The summed E-state index contributed by atoms with van der Waals surface area (Å²) >= 11 is 6.03. The van der Waals surface area contributed by atoms with Gasteiger partial charge in [0.2, 0.25) is 10.0 Å². The summed E-state index contributed by atoms with van der Waals surface area (Å²) in [4.78, 5) is 4.11. The first-order valence-corrected chi connectivity index (χ1v) is 8.27. The van der Waals surface area contributed by atoms with Crippen molar-refractivity contribution in [3.63, 3.8) is 0 Å². The van der Waals surface area contributed by atoms with Crippen molar-refractivity contribution in [2.45, 2.75) is 18.0 Å². The number of aromatic nitrogens is 2. The van der Waals surface area contributed by atoms with E-state index >= 15 is 0 Å². The van der Waals surface area contributed by atoms with E-state index in [-0.39, 0.29) is 4.90 Å². The lowest BCUT2D eigenvalue weighted by Gasteiger charge is -2.10. The minimum Gasteiger partial charge on any atom is -0.336 e. The fraction of sp³-hybridized carbons (Fsp3) is 0.308. The summed E-state index contributed by atoms with van der Waals surface area (Å²) < 4.78 is 28.8. The number of hydrogen-bond acceptors (Lipinski definition) is 4. The number of rotatable bonds is 7. The summed E-state index contributed by atoms with van der Waals surface area (Å²) in [6, 6.07) is 4.68. The van der Waals surface area contributed by atoms with Crippen molar-refractivity contribution in [1.82, 2.24) is 19.6 Å². The second-order valence-corrected chi connectivity index (χ2v) is 6.66. The molecule has 1 aromatic heterocycles. The van der Waals surface area contributed by atoms with Crippen LogP contribution in [-0.2, 0) is 23.1 Å². The Kier molecular flexibility index (Phi) is 5.35. The van der Waals surface area contributed by atoms with E-state index in [1.54, 1.807) is 42.5 Å². The van der Waals surface area contributed by atoms with Crippen molar-refractivity contribution in [1.29, 1.82) is 0 Å². The predicted octanol–water partition coefficient (Wildman–Crippen LogP) is 1.23. The Morgan fingerprint density at radius 2 is 2.19 bits per heavy atom. The smallest absolute Gasteiger partial charge is 0.240 e. The Labute approximate surface area is 129 Å². The molecule has 0 aliphatic heterocycles. The van der Waals surface area contributed by atoms with Crippen LogP contribution in [0.3, 0.4) is 0 Å². The van der Waals surface area contributed by atoms with Gasteiger partial charge in [0.15, 0.2) is 0 Å². The molecule has 0 radical (unpaired) electrons. The molecule has 8 heteroatoms. The van der Waals surface area contributed by atoms with Crippen LogP contribution in [0.5, 0.6) is 0 Å². The SMILES string of the molecule is CNCc1cc(S(=O)(=O)NCCn2ccnc2)ccc1Cl. The first-order chi connectivity index (χ1) is 10.0. The van der Waals surface area contributed by atoms with E-state index in [9.17, 15) is 8.42 Å². The molecule has 0 aliphatic rings. The summed E-state index contributed by atoms with van der Waals surface area (Å²) in [6.07, 6.45) is 5.07. The monoisotopic (exact) mass is 328 g/mol. The molecule has 0 aliphatic carbocycles. The Morgan fingerprint density at radius 1 is 1.38 bits per heavy atom. The number of nitrogens with zero attached hydrogens (tertiary/aromatic N) is 2. The van der Waals surface area contributed by atoms with E-state index in [1.807, 2.05) is 0 Å². The lowest BCUT2D eigenvalue weighted by atomic mass is 10.2. The molecule has 1 aromatic carbocycles. The number of halogens is 1. The van der Waals surface area contributed by atoms with Crippen LogP contribution in [0.4, 0.5) is 0 Å². The van der Waals surface area contributed by atoms with Gasteiger partial charge in [-0.15, -0.1) is 0 Å². The van der Waals surface area contributed by atoms with Gasteiger partial charge in [-0.05, 0) is 30.8 Å². The Morgan fingerprint density at radius 3 is 2.86 bits per heavy atom. The average Bonchev–Trinajstić information content (AvgIpc) is 2.94. The third-order valence-corrected chi connectivity index (χ3v) is 4.74. The number of imidazole rings is 1. The van der Waals surface area contributed by atoms with Gasteiger partial charge in [0.25, 0.3) is 0 Å². The minimum atomic E-state index is -3.54. The maximum absolute atomic E-state index is 12.2. The number of benzene rings is 1. The molecule has 0 unspecified atom stereocenters. The minimum absolute atomic E-state index is 0.211. The van der Waals surface area contributed by atoms with Crippen molar-refractivity contribution >= 4 is 21.6 Å². The Hall–Kier alpha value is -1.41. The highest BCUT2D eigenvalue weighted by atomic mass is 35.5. The molecule has 114 valence electrons. The van der Waals surface area contributed by atoms with E-state index in [0.717, 1.165) is 5.56 Å². The van der Waals surface area contributed by atoms with E-state index in [2.05, 4.69) is 15.0 Å². The van der Waals surface area contributed by atoms with Crippen LogP contribution >= 0.6 is 11.6 Å². The molecule has 2 N–H and O–H groups in total. The lowest BCUT2D eigenvalue weighted by Crippen LogP contribution is -2.27. The van der Waals surface area contributed by atoms with Crippen LogP contribution in [0.1, 0.15) is 5.56 Å². The van der Waals surface area contributed by atoms with Gasteiger partial charge in [-0.1, -0.05) is 11.6 Å².